The predicted octanol–water partition coefficient (Wildman–Crippen LogP) is 3.47. The summed E-state index contributed by atoms with van der Waals surface area (Å²) in [5, 5.41) is 21.0. The molecular formula is C20H18N6OS. The van der Waals surface area contributed by atoms with Crippen molar-refractivity contribution in [3.63, 3.8) is 0 Å². The van der Waals surface area contributed by atoms with E-state index in [2.05, 4.69) is 31.1 Å². The van der Waals surface area contributed by atoms with E-state index in [9.17, 15) is 4.79 Å². The van der Waals surface area contributed by atoms with E-state index in [1.54, 1.807) is 12.4 Å². The Bertz CT molecular complexity index is 1010. The molecule has 0 atom stereocenters. The number of rotatable bonds is 7. The summed E-state index contributed by atoms with van der Waals surface area (Å²) < 4.78 is 2.13. The molecule has 1 saturated carbocycles. The fraction of sp³-hybridized carbons (Fsp3) is 0.250. The van der Waals surface area contributed by atoms with Gasteiger partial charge in [0.25, 0.3) is 0 Å². The highest BCUT2D eigenvalue weighted by Gasteiger charge is 2.30. The minimum Gasteiger partial charge on any atom is -0.325 e. The van der Waals surface area contributed by atoms with Gasteiger partial charge in [-0.3, -0.25) is 14.3 Å². The van der Waals surface area contributed by atoms with Gasteiger partial charge in [-0.1, -0.05) is 23.9 Å². The monoisotopic (exact) mass is 390 g/mol. The molecule has 0 saturated heterocycles. The molecule has 7 nitrogen and oxygen atoms in total. The van der Waals surface area contributed by atoms with Gasteiger partial charge in [0.1, 0.15) is 0 Å². The van der Waals surface area contributed by atoms with Crippen molar-refractivity contribution < 1.29 is 4.79 Å². The highest BCUT2D eigenvalue weighted by molar-refractivity contribution is 7.99. The zero-order valence-corrected chi connectivity index (χ0v) is 15.9. The van der Waals surface area contributed by atoms with Crippen molar-refractivity contribution in [1.82, 2.24) is 19.7 Å². The van der Waals surface area contributed by atoms with E-state index < -0.39 is 0 Å². The van der Waals surface area contributed by atoms with E-state index in [4.69, 9.17) is 5.26 Å². The molecule has 140 valence electrons. The number of thioether (sulfide) groups is 1. The number of nitrogens with one attached hydrogen (secondary N) is 1. The van der Waals surface area contributed by atoms with Crippen molar-refractivity contribution in [3.05, 3.63) is 54.4 Å². The lowest BCUT2D eigenvalue weighted by atomic mass is 10.1. The van der Waals surface area contributed by atoms with Crippen LogP contribution in [0.4, 0.5) is 5.69 Å². The molecule has 0 aliphatic heterocycles. The molecule has 3 aromatic rings. The van der Waals surface area contributed by atoms with Crippen LogP contribution in [-0.4, -0.2) is 31.4 Å². The van der Waals surface area contributed by atoms with Gasteiger partial charge in [-0.2, -0.15) is 5.26 Å². The van der Waals surface area contributed by atoms with E-state index in [-0.39, 0.29) is 11.7 Å². The van der Waals surface area contributed by atoms with Crippen LogP contribution in [0.5, 0.6) is 0 Å². The van der Waals surface area contributed by atoms with Crippen molar-refractivity contribution in [2.24, 2.45) is 0 Å². The quantitative estimate of drug-likeness (QED) is 0.621. The lowest BCUT2D eigenvalue weighted by Gasteiger charge is -2.09. The highest BCUT2D eigenvalue weighted by Crippen LogP contribution is 2.40. The number of aromatic nitrogens is 4. The van der Waals surface area contributed by atoms with Gasteiger partial charge in [-0.25, -0.2) is 0 Å². The molecule has 1 aromatic carbocycles. The third-order valence-corrected chi connectivity index (χ3v) is 5.31. The first-order chi connectivity index (χ1) is 13.7. The van der Waals surface area contributed by atoms with E-state index in [0.29, 0.717) is 18.2 Å². The van der Waals surface area contributed by atoms with E-state index in [0.717, 1.165) is 34.9 Å². The number of nitrogens with zero attached hydrogens (tertiary/aromatic N) is 5. The topological polar surface area (TPSA) is 96.5 Å². The van der Waals surface area contributed by atoms with Gasteiger partial charge in [0.15, 0.2) is 11.0 Å². The van der Waals surface area contributed by atoms with Gasteiger partial charge in [0.2, 0.25) is 5.91 Å². The second-order valence-electron chi connectivity index (χ2n) is 6.51. The average molecular weight is 390 g/mol. The molecule has 0 bridgehead atoms. The fourth-order valence-electron chi connectivity index (χ4n) is 2.86. The number of carbonyl (C=O) groups is 1. The predicted molar refractivity (Wildman–Crippen MR) is 107 cm³/mol. The van der Waals surface area contributed by atoms with Crippen molar-refractivity contribution in [2.45, 2.75) is 30.5 Å². The smallest absolute Gasteiger partial charge is 0.234 e. The summed E-state index contributed by atoms with van der Waals surface area (Å²) in [6.07, 6.45) is 6.05. The molecule has 2 heterocycles. The number of anilines is 1. The summed E-state index contributed by atoms with van der Waals surface area (Å²) in [6.45, 7) is 0. The van der Waals surface area contributed by atoms with Gasteiger partial charge in [0, 0.05) is 29.7 Å². The summed E-state index contributed by atoms with van der Waals surface area (Å²) >= 11 is 1.39. The van der Waals surface area contributed by atoms with Crippen LogP contribution >= 0.6 is 11.8 Å². The minimum absolute atomic E-state index is 0.103. The van der Waals surface area contributed by atoms with E-state index in [1.807, 2.05) is 36.4 Å². The third-order valence-electron chi connectivity index (χ3n) is 4.37. The van der Waals surface area contributed by atoms with Crippen LogP contribution in [0.2, 0.25) is 0 Å². The maximum atomic E-state index is 12.3. The summed E-state index contributed by atoms with van der Waals surface area (Å²) in [4.78, 5) is 16.4. The molecule has 1 N–H and O–H groups in total. The lowest BCUT2D eigenvalue weighted by Crippen LogP contribution is -2.14. The van der Waals surface area contributed by atoms with E-state index in [1.165, 1.54) is 11.8 Å². The Kier molecular flexibility index (Phi) is 5.35. The first kappa shape index (κ1) is 18.2. The van der Waals surface area contributed by atoms with Crippen LogP contribution in [0.3, 0.4) is 0 Å². The summed E-state index contributed by atoms with van der Waals surface area (Å²) in [7, 11) is 0. The van der Waals surface area contributed by atoms with E-state index >= 15 is 0 Å². The first-order valence-corrected chi connectivity index (χ1v) is 9.97. The van der Waals surface area contributed by atoms with Crippen molar-refractivity contribution in [3.8, 4) is 17.5 Å². The minimum atomic E-state index is -0.103. The van der Waals surface area contributed by atoms with Gasteiger partial charge in [0.05, 0.1) is 18.2 Å². The molecule has 0 unspecified atom stereocenters. The molecule has 1 aliphatic rings. The Labute approximate surface area is 166 Å². The zero-order chi connectivity index (χ0) is 19.3. The molecule has 4 rings (SSSR count). The normalized spacial score (nSPS) is 13.1. The summed E-state index contributed by atoms with van der Waals surface area (Å²) in [6, 6.07) is 13.6. The van der Waals surface area contributed by atoms with Crippen LogP contribution in [0.1, 0.15) is 24.4 Å². The second-order valence-corrected chi connectivity index (χ2v) is 7.45. The number of amides is 1. The van der Waals surface area contributed by atoms with Crippen molar-refractivity contribution >= 4 is 23.4 Å². The second kappa shape index (κ2) is 8.23. The number of carbonyl (C=O) groups excluding carboxylic acids is 1. The number of hydrogen-bond acceptors (Lipinski definition) is 6. The highest BCUT2D eigenvalue weighted by atomic mass is 32.2. The summed E-state index contributed by atoms with van der Waals surface area (Å²) in [5.74, 6) is 0.968. The molecule has 1 fully saturated rings. The molecule has 28 heavy (non-hydrogen) atoms. The molecule has 1 aliphatic carbocycles. The maximum absolute atomic E-state index is 12.3. The Morgan fingerprint density at radius 2 is 1.93 bits per heavy atom. The van der Waals surface area contributed by atoms with Gasteiger partial charge in [-0.05, 0) is 42.7 Å². The Morgan fingerprint density at radius 3 is 2.61 bits per heavy atom. The Balaban J connectivity index is 1.41. The SMILES string of the molecule is N#CCc1ccc(NC(=O)CSc2nnc(-c3ccncc3)n2C2CC2)cc1. The maximum Gasteiger partial charge on any atom is 0.234 e. The number of benzene rings is 1. The third kappa shape index (κ3) is 4.21. The van der Waals surface area contributed by atoms with Gasteiger partial charge < -0.3 is 5.32 Å². The molecule has 1 amide bonds. The van der Waals surface area contributed by atoms with Crippen LogP contribution in [0.25, 0.3) is 11.4 Å². The average Bonchev–Trinajstić information content (AvgIpc) is 3.47. The first-order valence-electron chi connectivity index (χ1n) is 8.98. The Morgan fingerprint density at radius 1 is 1.18 bits per heavy atom. The molecule has 0 radical (unpaired) electrons. The fourth-order valence-corrected chi connectivity index (χ4v) is 3.67. The molecule has 8 heteroatoms. The molecule has 0 spiro atoms. The standard InChI is InChI=1S/C20H18N6OS/c21-10-7-14-1-3-16(4-2-14)23-18(27)13-28-20-25-24-19(26(20)17-5-6-17)15-8-11-22-12-9-15/h1-4,8-9,11-12,17H,5-7,13H2,(H,23,27). The van der Waals surface area contributed by atoms with Crippen LogP contribution < -0.4 is 5.32 Å². The van der Waals surface area contributed by atoms with Crippen LogP contribution in [-0.2, 0) is 11.2 Å². The van der Waals surface area contributed by atoms with Crippen molar-refractivity contribution in [1.29, 1.82) is 5.26 Å². The van der Waals surface area contributed by atoms with Crippen molar-refractivity contribution in [2.75, 3.05) is 11.1 Å². The Hall–Kier alpha value is -3.18. The largest absolute Gasteiger partial charge is 0.325 e. The zero-order valence-electron chi connectivity index (χ0n) is 15.1. The van der Waals surface area contributed by atoms with Gasteiger partial charge in [-0.15, -0.1) is 10.2 Å². The van der Waals surface area contributed by atoms with Crippen LogP contribution in [0, 0.1) is 11.3 Å². The number of nitriles is 1. The molecular weight excluding hydrogens is 372 g/mol. The number of hydrogen-bond donors (Lipinski definition) is 1. The molecule has 2 aromatic heterocycles. The number of pyridine rings is 1. The van der Waals surface area contributed by atoms with Crippen LogP contribution in [0.15, 0.2) is 53.9 Å². The summed E-state index contributed by atoms with van der Waals surface area (Å²) in [5.41, 5.74) is 2.62. The van der Waals surface area contributed by atoms with Gasteiger partial charge >= 0.3 is 0 Å². The lowest BCUT2D eigenvalue weighted by molar-refractivity contribution is -0.113.